The molecule has 2 fully saturated rings. The van der Waals surface area contributed by atoms with Crippen LogP contribution in [0.4, 0.5) is 0 Å². The summed E-state index contributed by atoms with van der Waals surface area (Å²) in [6.45, 7) is 14.2. The van der Waals surface area contributed by atoms with Crippen LogP contribution in [0.1, 0.15) is 60.8 Å². The van der Waals surface area contributed by atoms with Crippen molar-refractivity contribution in [1.82, 2.24) is 10.2 Å². The third kappa shape index (κ3) is 2.14. The van der Waals surface area contributed by atoms with Crippen LogP contribution >= 0.6 is 0 Å². The van der Waals surface area contributed by atoms with E-state index in [2.05, 4.69) is 51.8 Å². The molecule has 0 amide bonds. The Bertz CT molecular complexity index is 259. The Balaban J connectivity index is 2.28. The maximum Gasteiger partial charge on any atom is 0.0607 e. The van der Waals surface area contributed by atoms with Gasteiger partial charge >= 0.3 is 0 Å². The van der Waals surface area contributed by atoms with Crippen LogP contribution in [0.5, 0.6) is 0 Å². The minimum Gasteiger partial charge on any atom is -0.299 e. The molecule has 94 valence electrons. The van der Waals surface area contributed by atoms with Crippen molar-refractivity contribution in [3.8, 4) is 0 Å². The van der Waals surface area contributed by atoms with E-state index < -0.39 is 0 Å². The highest BCUT2D eigenvalue weighted by atomic mass is 15.4. The van der Waals surface area contributed by atoms with Crippen LogP contribution in [0.15, 0.2) is 0 Å². The number of rotatable bonds is 0. The molecule has 0 saturated carbocycles. The molecule has 0 aromatic heterocycles. The second-order valence-electron chi connectivity index (χ2n) is 7.65. The monoisotopic (exact) mass is 224 g/mol. The number of nitrogens with one attached hydrogen (secondary N) is 1. The Morgan fingerprint density at radius 3 is 2.12 bits per heavy atom. The first kappa shape index (κ1) is 12.4. The molecular weight excluding hydrogens is 196 g/mol. The van der Waals surface area contributed by atoms with Gasteiger partial charge in [0.25, 0.3) is 0 Å². The summed E-state index contributed by atoms with van der Waals surface area (Å²) in [5.74, 6) is 0. The quantitative estimate of drug-likeness (QED) is 0.680. The van der Waals surface area contributed by atoms with Crippen LogP contribution < -0.4 is 5.32 Å². The van der Waals surface area contributed by atoms with Gasteiger partial charge in [-0.2, -0.15) is 0 Å². The van der Waals surface area contributed by atoms with Gasteiger partial charge in [-0.25, -0.2) is 0 Å². The van der Waals surface area contributed by atoms with Crippen molar-refractivity contribution in [3.05, 3.63) is 0 Å². The van der Waals surface area contributed by atoms with Gasteiger partial charge in [-0.05, 0) is 45.4 Å². The fourth-order valence-electron chi connectivity index (χ4n) is 3.51. The molecule has 16 heavy (non-hydrogen) atoms. The minimum atomic E-state index is 0.269. The van der Waals surface area contributed by atoms with Crippen LogP contribution in [-0.4, -0.2) is 28.7 Å². The molecule has 2 saturated heterocycles. The van der Waals surface area contributed by atoms with Crippen molar-refractivity contribution in [2.24, 2.45) is 5.41 Å². The van der Waals surface area contributed by atoms with E-state index >= 15 is 0 Å². The molecule has 2 bridgehead atoms. The summed E-state index contributed by atoms with van der Waals surface area (Å²) in [7, 11) is 0. The molecule has 0 radical (unpaired) electrons. The van der Waals surface area contributed by atoms with E-state index in [0.29, 0.717) is 17.6 Å². The van der Waals surface area contributed by atoms with Crippen molar-refractivity contribution >= 4 is 0 Å². The van der Waals surface area contributed by atoms with Gasteiger partial charge in [0.1, 0.15) is 0 Å². The Morgan fingerprint density at radius 2 is 1.62 bits per heavy atom. The smallest absolute Gasteiger partial charge is 0.0607 e. The highest BCUT2D eigenvalue weighted by Gasteiger charge is 2.47. The second-order valence-corrected chi connectivity index (χ2v) is 7.65. The Morgan fingerprint density at radius 1 is 1.00 bits per heavy atom. The van der Waals surface area contributed by atoms with Crippen molar-refractivity contribution in [2.45, 2.75) is 84.6 Å². The van der Waals surface area contributed by atoms with E-state index in [-0.39, 0.29) is 5.54 Å². The molecule has 1 N–H and O–H groups in total. The number of hydrogen-bond donors (Lipinski definition) is 1. The lowest BCUT2D eigenvalue weighted by atomic mass is 9.79. The summed E-state index contributed by atoms with van der Waals surface area (Å²) in [5.41, 5.74) is 0.654. The molecule has 0 spiro atoms. The third-order valence-electron chi connectivity index (χ3n) is 4.17. The number of likely N-dealkylation sites (tertiary alicyclic amines) is 1. The molecule has 2 nitrogen and oxygen atoms in total. The first-order valence-electron chi connectivity index (χ1n) is 6.74. The summed E-state index contributed by atoms with van der Waals surface area (Å²) >= 11 is 0. The van der Waals surface area contributed by atoms with E-state index in [0.717, 1.165) is 6.04 Å². The first-order valence-corrected chi connectivity index (χ1v) is 6.74. The molecule has 2 aliphatic rings. The molecule has 0 aromatic rings. The largest absolute Gasteiger partial charge is 0.299 e. The van der Waals surface area contributed by atoms with Gasteiger partial charge in [0.15, 0.2) is 0 Å². The summed E-state index contributed by atoms with van der Waals surface area (Å²) in [4.78, 5) is 2.73. The molecule has 2 heterocycles. The van der Waals surface area contributed by atoms with Gasteiger partial charge < -0.3 is 0 Å². The highest BCUT2D eigenvalue weighted by Crippen LogP contribution is 2.41. The van der Waals surface area contributed by atoms with E-state index in [1.165, 1.54) is 19.3 Å². The van der Waals surface area contributed by atoms with Gasteiger partial charge in [-0.3, -0.25) is 10.2 Å². The lowest BCUT2D eigenvalue weighted by Crippen LogP contribution is -2.65. The van der Waals surface area contributed by atoms with Gasteiger partial charge in [0.2, 0.25) is 0 Å². The zero-order chi connectivity index (χ0) is 12.1. The standard InChI is InChI=1S/C14H28N2/c1-13(2,3)11-9-10-7-8-12(15-10)16(11)14(4,5)6/h10-12,15H,7-9H2,1-6H3. The van der Waals surface area contributed by atoms with Gasteiger partial charge in [0.05, 0.1) is 6.17 Å². The van der Waals surface area contributed by atoms with E-state index in [9.17, 15) is 0 Å². The van der Waals surface area contributed by atoms with E-state index in [1.807, 2.05) is 0 Å². The van der Waals surface area contributed by atoms with Crippen LogP contribution in [0.2, 0.25) is 0 Å². The Hall–Kier alpha value is -0.0800. The van der Waals surface area contributed by atoms with Crippen LogP contribution in [0, 0.1) is 5.41 Å². The maximum absolute atomic E-state index is 3.77. The summed E-state index contributed by atoms with van der Waals surface area (Å²) in [6, 6.07) is 1.49. The number of nitrogens with zero attached hydrogens (tertiary/aromatic N) is 1. The second kappa shape index (κ2) is 3.71. The maximum atomic E-state index is 3.77. The third-order valence-corrected chi connectivity index (χ3v) is 4.17. The predicted molar refractivity (Wildman–Crippen MR) is 69.4 cm³/mol. The molecular formula is C14H28N2. The molecule has 0 aliphatic carbocycles. The van der Waals surface area contributed by atoms with Crippen molar-refractivity contribution < 1.29 is 0 Å². The van der Waals surface area contributed by atoms with Crippen LogP contribution in [0.3, 0.4) is 0 Å². The van der Waals surface area contributed by atoms with Crippen molar-refractivity contribution in [1.29, 1.82) is 0 Å². The number of hydrogen-bond acceptors (Lipinski definition) is 2. The fourth-order valence-corrected chi connectivity index (χ4v) is 3.51. The van der Waals surface area contributed by atoms with Gasteiger partial charge in [-0.1, -0.05) is 20.8 Å². The zero-order valence-electron chi connectivity index (χ0n) is 11.8. The Kier molecular flexibility index (Phi) is 2.87. The van der Waals surface area contributed by atoms with Crippen LogP contribution in [0.25, 0.3) is 0 Å². The first-order chi connectivity index (χ1) is 7.19. The average molecular weight is 224 g/mol. The SMILES string of the molecule is CC(C)(C)C1CC2CCC(N2)N1C(C)(C)C. The molecule has 2 heteroatoms. The zero-order valence-corrected chi connectivity index (χ0v) is 11.8. The van der Waals surface area contributed by atoms with Gasteiger partial charge in [0, 0.05) is 17.6 Å². The van der Waals surface area contributed by atoms with E-state index in [4.69, 9.17) is 0 Å². The lowest BCUT2D eigenvalue weighted by Gasteiger charge is -2.53. The molecule has 0 aromatic carbocycles. The normalized spacial score (nSPS) is 36.8. The molecule has 2 rings (SSSR count). The molecule has 3 atom stereocenters. The summed E-state index contributed by atoms with van der Waals surface area (Å²) < 4.78 is 0. The number of fused-ring (bicyclic) bond motifs is 2. The Labute approximate surface area is 101 Å². The minimum absolute atomic E-state index is 0.269. The highest BCUT2D eigenvalue weighted by molar-refractivity contribution is 5.02. The predicted octanol–water partition coefficient (Wildman–Crippen LogP) is 2.98. The molecule has 3 unspecified atom stereocenters. The van der Waals surface area contributed by atoms with E-state index in [1.54, 1.807) is 0 Å². The topological polar surface area (TPSA) is 15.3 Å². The summed E-state index contributed by atoms with van der Waals surface area (Å²) in [5, 5.41) is 3.77. The lowest BCUT2D eigenvalue weighted by molar-refractivity contribution is -0.0468. The fraction of sp³-hybridized carbons (Fsp3) is 1.00. The average Bonchev–Trinajstić information content (AvgIpc) is 2.42. The van der Waals surface area contributed by atoms with Crippen molar-refractivity contribution in [2.75, 3.05) is 0 Å². The van der Waals surface area contributed by atoms with Crippen LogP contribution in [-0.2, 0) is 0 Å². The van der Waals surface area contributed by atoms with Gasteiger partial charge in [-0.15, -0.1) is 0 Å². The van der Waals surface area contributed by atoms with Crippen molar-refractivity contribution in [3.63, 3.8) is 0 Å². The summed E-state index contributed by atoms with van der Waals surface area (Å²) in [6.07, 6.45) is 4.62. The molecule has 2 aliphatic heterocycles.